The standard InChI is InChI=1S/C14H22N2O.ClH/c1-17-14-5-3-2-4-13(14)11-16-8-6-12(10-15)7-9-16;/h2-5,12H,6-11,15H2,1H3;1H. The van der Waals surface area contributed by atoms with Crippen molar-refractivity contribution in [2.45, 2.75) is 19.4 Å². The minimum absolute atomic E-state index is 0. The second-order valence-electron chi connectivity index (χ2n) is 4.77. The summed E-state index contributed by atoms with van der Waals surface area (Å²) in [5.41, 5.74) is 6.99. The van der Waals surface area contributed by atoms with Crippen LogP contribution in [-0.2, 0) is 6.54 Å². The second-order valence-corrected chi connectivity index (χ2v) is 4.77. The molecule has 1 heterocycles. The highest BCUT2D eigenvalue weighted by Crippen LogP contribution is 2.22. The van der Waals surface area contributed by atoms with E-state index < -0.39 is 0 Å². The molecule has 3 nitrogen and oxygen atoms in total. The average molecular weight is 271 g/mol. The van der Waals surface area contributed by atoms with Gasteiger partial charge in [0.2, 0.25) is 0 Å². The van der Waals surface area contributed by atoms with E-state index >= 15 is 0 Å². The van der Waals surface area contributed by atoms with Crippen molar-refractivity contribution in [3.8, 4) is 5.75 Å². The van der Waals surface area contributed by atoms with Gasteiger partial charge in [0.15, 0.2) is 0 Å². The van der Waals surface area contributed by atoms with Crippen molar-refractivity contribution in [1.82, 2.24) is 4.90 Å². The number of hydrogen-bond acceptors (Lipinski definition) is 3. The summed E-state index contributed by atoms with van der Waals surface area (Å²) < 4.78 is 5.38. The zero-order chi connectivity index (χ0) is 12.1. The SMILES string of the molecule is COc1ccccc1CN1CCC(CN)CC1.Cl. The Morgan fingerprint density at radius 2 is 1.94 bits per heavy atom. The smallest absolute Gasteiger partial charge is 0.123 e. The third kappa shape index (κ3) is 3.87. The molecule has 1 aliphatic rings. The highest BCUT2D eigenvalue weighted by Gasteiger charge is 2.18. The molecule has 0 radical (unpaired) electrons. The van der Waals surface area contributed by atoms with Crippen LogP contribution in [0.3, 0.4) is 0 Å². The van der Waals surface area contributed by atoms with Crippen LogP contribution >= 0.6 is 12.4 Å². The third-order valence-corrected chi connectivity index (χ3v) is 3.63. The van der Waals surface area contributed by atoms with Crippen molar-refractivity contribution in [1.29, 1.82) is 0 Å². The van der Waals surface area contributed by atoms with Gasteiger partial charge in [-0.25, -0.2) is 0 Å². The number of nitrogens with zero attached hydrogens (tertiary/aromatic N) is 1. The van der Waals surface area contributed by atoms with Crippen LogP contribution in [0.4, 0.5) is 0 Å². The molecule has 0 spiro atoms. The lowest BCUT2D eigenvalue weighted by Gasteiger charge is -2.31. The summed E-state index contributed by atoms with van der Waals surface area (Å²) in [4.78, 5) is 2.49. The Morgan fingerprint density at radius 1 is 1.28 bits per heavy atom. The first-order valence-electron chi connectivity index (χ1n) is 6.37. The molecule has 2 N–H and O–H groups in total. The predicted molar refractivity (Wildman–Crippen MR) is 77.3 cm³/mol. The molecule has 0 unspecified atom stereocenters. The number of ether oxygens (including phenoxy) is 1. The Balaban J connectivity index is 0.00000162. The number of likely N-dealkylation sites (tertiary alicyclic amines) is 1. The van der Waals surface area contributed by atoms with Gasteiger partial charge in [0, 0.05) is 12.1 Å². The maximum atomic E-state index is 5.71. The lowest BCUT2D eigenvalue weighted by atomic mass is 9.97. The van der Waals surface area contributed by atoms with Crippen molar-refractivity contribution in [3.63, 3.8) is 0 Å². The van der Waals surface area contributed by atoms with Gasteiger partial charge in [-0.1, -0.05) is 18.2 Å². The Labute approximate surface area is 116 Å². The Bertz CT molecular complexity index is 351. The van der Waals surface area contributed by atoms with Crippen LogP contribution in [0, 0.1) is 5.92 Å². The molecule has 1 aliphatic heterocycles. The molecule has 0 amide bonds. The highest BCUT2D eigenvalue weighted by molar-refractivity contribution is 5.85. The van der Waals surface area contributed by atoms with Crippen molar-refractivity contribution >= 4 is 12.4 Å². The maximum absolute atomic E-state index is 5.71. The van der Waals surface area contributed by atoms with E-state index in [0.717, 1.165) is 37.8 Å². The molecule has 0 aliphatic carbocycles. The van der Waals surface area contributed by atoms with Gasteiger partial charge in [-0.15, -0.1) is 12.4 Å². The van der Waals surface area contributed by atoms with E-state index in [1.807, 2.05) is 12.1 Å². The van der Waals surface area contributed by atoms with E-state index in [-0.39, 0.29) is 12.4 Å². The van der Waals surface area contributed by atoms with Crippen LogP contribution in [0.15, 0.2) is 24.3 Å². The van der Waals surface area contributed by atoms with Gasteiger partial charge in [-0.2, -0.15) is 0 Å². The quantitative estimate of drug-likeness (QED) is 0.912. The molecule has 2 rings (SSSR count). The number of para-hydroxylation sites is 1. The summed E-state index contributed by atoms with van der Waals surface area (Å²) in [7, 11) is 1.74. The number of methoxy groups -OCH3 is 1. The molecule has 102 valence electrons. The summed E-state index contributed by atoms with van der Waals surface area (Å²) in [5.74, 6) is 1.72. The first-order chi connectivity index (χ1) is 8.33. The number of benzene rings is 1. The van der Waals surface area contributed by atoms with E-state index in [9.17, 15) is 0 Å². The number of halogens is 1. The zero-order valence-electron chi connectivity index (χ0n) is 11.0. The van der Waals surface area contributed by atoms with Crippen molar-refractivity contribution in [3.05, 3.63) is 29.8 Å². The van der Waals surface area contributed by atoms with Crippen LogP contribution in [0.2, 0.25) is 0 Å². The van der Waals surface area contributed by atoms with Crippen molar-refractivity contribution in [2.75, 3.05) is 26.7 Å². The Hall–Kier alpha value is -0.770. The first-order valence-corrected chi connectivity index (χ1v) is 6.37. The van der Waals surface area contributed by atoms with E-state index in [1.165, 1.54) is 18.4 Å². The summed E-state index contributed by atoms with van der Waals surface area (Å²) in [6.45, 7) is 4.13. The molecule has 0 bridgehead atoms. The van der Waals surface area contributed by atoms with Crippen LogP contribution in [0.1, 0.15) is 18.4 Å². The first kappa shape index (κ1) is 15.3. The normalized spacial score (nSPS) is 17.2. The Kier molecular flexibility index (Phi) is 6.47. The predicted octanol–water partition coefficient (Wildman–Crippen LogP) is 2.29. The average Bonchev–Trinajstić information content (AvgIpc) is 2.40. The van der Waals surface area contributed by atoms with Gasteiger partial charge in [0.25, 0.3) is 0 Å². The Morgan fingerprint density at radius 3 is 2.56 bits per heavy atom. The topological polar surface area (TPSA) is 38.5 Å². The van der Waals surface area contributed by atoms with Gasteiger partial charge in [-0.3, -0.25) is 4.90 Å². The molecular weight excluding hydrogens is 248 g/mol. The third-order valence-electron chi connectivity index (χ3n) is 3.63. The lowest BCUT2D eigenvalue weighted by molar-refractivity contribution is 0.179. The molecule has 0 saturated carbocycles. The van der Waals surface area contributed by atoms with Crippen LogP contribution in [0.5, 0.6) is 5.75 Å². The van der Waals surface area contributed by atoms with Gasteiger partial charge >= 0.3 is 0 Å². The van der Waals surface area contributed by atoms with Gasteiger partial charge in [-0.05, 0) is 44.5 Å². The molecule has 0 aromatic heterocycles. The summed E-state index contributed by atoms with van der Waals surface area (Å²) in [6.07, 6.45) is 2.46. The fourth-order valence-corrected chi connectivity index (χ4v) is 2.45. The minimum atomic E-state index is 0. The van der Waals surface area contributed by atoms with E-state index in [0.29, 0.717) is 0 Å². The number of rotatable bonds is 4. The van der Waals surface area contributed by atoms with Crippen molar-refractivity contribution < 1.29 is 4.74 Å². The minimum Gasteiger partial charge on any atom is -0.496 e. The molecule has 18 heavy (non-hydrogen) atoms. The largest absolute Gasteiger partial charge is 0.496 e. The lowest BCUT2D eigenvalue weighted by Crippen LogP contribution is -2.35. The molecule has 4 heteroatoms. The van der Waals surface area contributed by atoms with Crippen LogP contribution in [0.25, 0.3) is 0 Å². The van der Waals surface area contributed by atoms with Crippen LogP contribution < -0.4 is 10.5 Å². The molecule has 1 saturated heterocycles. The molecular formula is C14H23ClN2O. The molecule has 1 aromatic rings. The fourth-order valence-electron chi connectivity index (χ4n) is 2.45. The number of nitrogens with two attached hydrogens (primary N) is 1. The molecule has 1 aromatic carbocycles. The maximum Gasteiger partial charge on any atom is 0.123 e. The van der Waals surface area contributed by atoms with Crippen molar-refractivity contribution in [2.24, 2.45) is 11.7 Å². The zero-order valence-corrected chi connectivity index (χ0v) is 11.8. The molecule has 0 atom stereocenters. The number of piperidine rings is 1. The monoisotopic (exact) mass is 270 g/mol. The van der Waals surface area contributed by atoms with E-state index in [1.54, 1.807) is 7.11 Å². The summed E-state index contributed by atoms with van der Waals surface area (Å²) >= 11 is 0. The number of hydrogen-bond donors (Lipinski definition) is 1. The van der Waals surface area contributed by atoms with E-state index in [4.69, 9.17) is 10.5 Å². The second kappa shape index (κ2) is 7.62. The summed E-state index contributed by atoms with van der Waals surface area (Å²) in [6, 6.07) is 8.27. The highest BCUT2D eigenvalue weighted by atomic mass is 35.5. The van der Waals surface area contributed by atoms with Gasteiger partial charge in [0.05, 0.1) is 7.11 Å². The molecule has 1 fully saturated rings. The summed E-state index contributed by atoms with van der Waals surface area (Å²) in [5, 5.41) is 0. The van der Waals surface area contributed by atoms with E-state index in [2.05, 4.69) is 17.0 Å². The van der Waals surface area contributed by atoms with Gasteiger partial charge in [0.1, 0.15) is 5.75 Å². The van der Waals surface area contributed by atoms with Gasteiger partial charge < -0.3 is 10.5 Å². The fraction of sp³-hybridized carbons (Fsp3) is 0.571. The van der Waals surface area contributed by atoms with Crippen LogP contribution in [-0.4, -0.2) is 31.6 Å².